The Morgan fingerprint density at radius 3 is 2.52 bits per heavy atom. The quantitative estimate of drug-likeness (QED) is 0.487. The van der Waals surface area contributed by atoms with Crippen LogP contribution in [0.25, 0.3) is 0 Å². The van der Waals surface area contributed by atoms with Crippen molar-refractivity contribution >= 4 is 29.3 Å². The second-order valence-electron chi connectivity index (χ2n) is 6.42. The minimum absolute atomic E-state index is 0.0239. The van der Waals surface area contributed by atoms with Gasteiger partial charge in [0.2, 0.25) is 0 Å². The van der Waals surface area contributed by atoms with E-state index in [-0.39, 0.29) is 24.4 Å². The van der Waals surface area contributed by atoms with Crippen molar-refractivity contribution in [1.29, 1.82) is 0 Å². The Morgan fingerprint density at radius 2 is 1.77 bits per heavy atom. The predicted octanol–water partition coefficient (Wildman–Crippen LogP) is 5.77. The summed E-state index contributed by atoms with van der Waals surface area (Å²) in [5.74, 6) is 0.165. The summed E-state index contributed by atoms with van der Waals surface area (Å²) in [6, 6.07) is 17.7. The maximum Gasteiger partial charge on any atom is 0.411 e. The highest BCUT2D eigenvalue weighted by molar-refractivity contribution is 6.30. The molecule has 0 atom stereocenters. The molecule has 0 spiro atoms. The highest BCUT2D eigenvalue weighted by atomic mass is 35.5. The highest BCUT2D eigenvalue weighted by Crippen LogP contribution is 2.24. The van der Waals surface area contributed by atoms with Crippen molar-refractivity contribution in [3.8, 4) is 11.5 Å². The van der Waals surface area contributed by atoms with E-state index in [1.165, 1.54) is 6.07 Å². The van der Waals surface area contributed by atoms with Crippen molar-refractivity contribution in [2.75, 3.05) is 11.9 Å². The summed E-state index contributed by atoms with van der Waals surface area (Å²) < 4.78 is 24.2. The molecule has 3 aromatic rings. The molecule has 3 aromatic carbocycles. The number of halogens is 2. The summed E-state index contributed by atoms with van der Waals surface area (Å²) in [7, 11) is 0. The first-order valence-electron chi connectivity index (χ1n) is 9.48. The Bertz CT molecular complexity index is 1070. The topological polar surface area (TPSA) is 76.7 Å². The van der Waals surface area contributed by atoms with E-state index >= 15 is 0 Å². The minimum atomic E-state index is -0.769. The summed E-state index contributed by atoms with van der Waals surface area (Å²) in [5.41, 5.74) is 0.931. The molecule has 8 heteroatoms. The zero-order valence-corrected chi connectivity index (χ0v) is 17.4. The zero-order chi connectivity index (χ0) is 22.2. The second kappa shape index (κ2) is 10.4. The lowest BCUT2D eigenvalue weighted by molar-refractivity contribution is 0.0951. The van der Waals surface area contributed by atoms with E-state index in [1.807, 2.05) is 6.07 Å². The molecule has 6 nitrogen and oxygen atoms in total. The lowest BCUT2D eigenvalue weighted by Gasteiger charge is -2.12. The number of nitrogens with one attached hydrogen (secondary N) is 2. The lowest BCUT2D eigenvalue weighted by Crippen LogP contribution is -2.25. The van der Waals surface area contributed by atoms with Gasteiger partial charge < -0.3 is 14.8 Å². The molecule has 2 N–H and O–H groups in total. The van der Waals surface area contributed by atoms with Crippen molar-refractivity contribution in [3.05, 3.63) is 88.7 Å². The number of carbonyl (C=O) groups excluding carboxylic acids is 2. The fraction of sp³-hybridized carbons (Fsp3) is 0.130. The molecule has 0 aromatic heterocycles. The van der Waals surface area contributed by atoms with Crippen molar-refractivity contribution in [2.24, 2.45) is 0 Å². The molecular weight excluding hydrogens is 423 g/mol. The van der Waals surface area contributed by atoms with Crippen molar-refractivity contribution in [1.82, 2.24) is 5.32 Å². The third-order valence-corrected chi connectivity index (χ3v) is 4.39. The van der Waals surface area contributed by atoms with Crippen molar-refractivity contribution < 1.29 is 23.5 Å². The third kappa shape index (κ3) is 6.45. The Morgan fingerprint density at radius 1 is 1.00 bits per heavy atom. The fourth-order valence-electron chi connectivity index (χ4n) is 2.73. The highest BCUT2D eigenvalue weighted by Gasteiger charge is 2.15. The van der Waals surface area contributed by atoms with Gasteiger partial charge in [-0.1, -0.05) is 23.7 Å². The molecule has 160 valence electrons. The van der Waals surface area contributed by atoms with Crippen LogP contribution in [0, 0.1) is 5.82 Å². The van der Waals surface area contributed by atoms with Gasteiger partial charge in [0.25, 0.3) is 5.91 Å². The normalized spacial score (nSPS) is 10.3. The molecule has 0 aliphatic rings. The first-order chi connectivity index (χ1) is 14.9. The van der Waals surface area contributed by atoms with Crippen LogP contribution in [0.2, 0.25) is 5.02 Å². The van der Waals surface area contributed by atoms with Gasteiger partial charge in [-0.05, 0) is 67.1 Å². The molecule has 0 fully saturated rings. The Hall–Kier alpha value is -3.58. The van der Waals surface area contributed by atoms with Gasteiger partial charge in [0.15, 0.2) is 0 Å². The minimum Gasteiger partial charge on any atom is -0.457 e. The first kappa shape index (κ1) is 22.1. The average molecular weight is 443 g/mol. The van der Waals surface area contributed by atoms with Gasteiger partial charge in [-0.15, -0.1) is 0 Å². The standard InChI is InChI=1S/C23H20ClFN2O4/c1-2-30-23(29)27-21-13-17(25)8-11-20(21)22(28)26-14-15-4-3-5-19(12-15)31-18-9-6-16(24)7-10-18/h3-13H,2,14H2,1H3,(H,26,28)(H,27,29). The number of benzene rings is 3. The van der Waals surface area contributed by atoms with E-state index in [0.29, 0.717) is 16.5 Å². The third-order valence-electron chi connectivity index (χ3n) is 4.14. The molecule has 0 saturated heterocycles. The number of carbonyl (C=O) groups is 2. The van der Waals surface area contributed by atoms with E-state index in [0.717, 1.165) is 17.7 Å². The van der Waals surface area contributed by atoms with Gasteiger partial charge in [-0.2, -0.15) is 0 Å². The Balaban J connectivity index is 1.67. The van der Waals surface area contributed by atoms with Gasteiger partial charge in [-0.25, -0.2) is 9.18 Å². The van der Waals surface area contributed by atoms with Gasteiger partial charge in [0.05, 0.1) is 17.9 Å². The Kier molecular flexibility index (Phi) is 7.45. The first-order valence-corrected chi connectivity index (χ1v) is 9.86. The molecule has 0 bridgehead atoms. The van der Waals surface area contributed by atoms with Crippen LogP contribution in [0.15, 0.2) is 66.7 Å². The van der Waals surface area contributed by atoms with Crippen LogP contribution < -0.4 is 15.4 Å². The fourth-order valence-corrected chi connectivity index (χ4v) is 2.86. The summed E-state index contributed by atoms with van der Waals surface area (Å²) in [6.45, 7) is 1.99. The monoisotopic (exact) mass is 442 g/mol. The molecule has 31 heavy (non-hydrogen) atoms. The molecule has 0 saturated carbocycles. The molecule has 0 aliphatic carbocycles. The molecule has 0 unspecified atom stereocenters. The van der Waals surface area contributed by atoms with Crippen LogP contribution in [0.4, 0.5) is 14.9 Å². The van der Waals surface area contributed by atoms with E-state index in [9.17, 15) is 14.0 Å². The van der Waals surface area contributed by atoms with Crippen LogP contribution in [0.1, 0.15) is 22.8 Å². The molecule has 0 heterocycles. The van der Waals surface area contributed by atoms with E-state index in [4.69, 9.17) is 21.1 Å². The van der Waals surface area contributed by atoms with E-state index in [1.54, 1.807) is 49.4 Å². The summed E-state index contributed by atoms with van der Waals surface area (Å²) >= 11 is 5.88. The number of ether oxygens (including phenoxy) is 2. The van der Waals surface area contributed by atoms with Crippen LogP contribution in [0.5, 0.6) is 11.5 Å². The number of anilines is 1. The number of hydrogen-bond donors (Lipinski definition) is 2. The van der Waals surface area contributed by atoms with Gasteiger partial charge in [-0.3, -0.25) is 10.1 Å². The van der Waals surface area contributed by atoms with Crippen LogP contribution in [-0.4, -0.2) is 18.6 Å². The molecule has 0 aliphatic heterocycles. The number of rotatable bonds is 7. The molecule has 3 rings (SSSR count). The van der Waals surface area contributed by atoms with Gasteiger partial charge in [0, 0.05) is 11.6 Å². The van der Waals surface area contributed by atoms with Crippen molar-refractivity contribution in [3.63, 3.8) is 0 Å². The Labute approximate surface area is 183 Å². The lowest BCUT2D eigenvalue weighted by atomic mass is 10.1. The molecular formula is C23H20ClFN2O4. The summed E-state index contributed by atoms with van der Waals surface area (Å²) in [4.78, 5) is 24.3. The number of amides is 2. The van der Waals surface area contributed by atoms with E-state index < -0.39 is 17.8 Å². The average Bonchev–Trinajstić information content (AvgIpc) is 2.74. The summed E-state index contributed by atoms with van der Waals surface area (Å²) in [5, 5.41) is 5.75. The van der Waals surface area contributed by atoms with Gasteiger partial charge in [0.1, 0.15) is 17.3 Å². The zero-order valence-electron chi connectivity index (χ0n) is 16.7. The molecule has 0 radical (unpaired) electrons. The van der Waals surface area contributed by atoms with Crippen LogP contribution >= 0.6 is 11.6 Å². The smallest absolute Gasteiger partial charge is 0.411 e. The number of hydrogen-bond acceptors (Lipinski definition) is 4. The molecule has 2 amide bonds. The second-order valence-corrected chi connectivity index (χ2v) is 6.86. The van der Waals surface area contributed by atoms with Crippen LogP contribution in [0.3, 0.4) is 0 Å². The van der Waals surface area contributed by atoms with E-state index in [2.05, 4.69) is 10.6 Å². The van der Waals surface area contributed by atoms with Gasteiger partial charge >= 0.3 is 6.09 Å². The maximum atomic E-state index is 13.6. The van der Waals surface area contributed by atoms with Crippen LogP contribution in [-0.2, 0) is 11.3 Å². The van der Waals surface area contributed by atoms with Crippen molar-refractivity contribution in [2.45, 2.75) is 13.5 Å². The summed E-state index contributed by atoms with van der Waals surface area (Å²) in [6.07, 6.45) is -0.769. The SMILES string of the molecule is CCOC(=O)Nc1cc(F)ccc1C(=O)NCc1cccc(Oc2ccc(Cl)cc2)c1. The predicted molar refractivity (Wildman–Crippen MR) is 116 cm³/mol. The maximum absolute atomic E-state index is 13.6. The largest absolute Gasteiger partial charge is 0.457 e.